The molecule has 4 nitrogen and oxygen atoms in total. The van der Waals surface area contributed by atoms with Gasteiger partial charge >= 0.3 is 0 Å². The average molecular weight is 1580 g/mol. The van der Waals surface area contributed by atoms with Crippen LogP contribution in [0.3, 0.4) is 0 Å². The summed E-state index contributed by atoms with van der Waals surface area (Å²) in [7, 11) is 0. The zero-order valence-corrected chi connectivity index (χ0v) is 74.3. The van der Waals surface area contributed by atoms with Gasteiger partial charge in [-0.05, 0) is 222 Å². The first-order chi connectivity index (χ1) is 65.7. The average Bonchev–Trinajstić information content (AvgIpc) is 0.954. The van der Waals surface area contributed by atoms with Crippen LogP contribution in [0.1, 0.15) is 270 Å². The second kappa shape index (κ2) is 27.9. The molecule has 0 saturated heterocycles. The summed E-state index contributed by atoms with van der Waals surface area (Å²) in [5.41, 5.74) is 1.34. The number of aromatic nitrogens is 2. The molecule has 0 saturated carbocycles. The number of anilines is 6. The van der Waals surface area contributed by atoms with Crippen molar-refractivity contribution >= 4 is 101 Å². The summed E-state index contributed by atoms with van der Waals surface area (Å²) in [5.74, 6) is 0. The number of benzene rings is 13. The minimum Gasteiger partial charge on any atom is -0.310 e. The van der Waals surface area contributed by atoms with Gasteiger partial charge in [-0.25, -0.2) is 0 Å². The van der Waals surface area contributed by atoms with Gasteiger partial charge in [-0.3, -0.25) is 0 Å². The fourth-order valence-corrected chi connectivity index (χ4v) is 16.8. The first kappa shape index (κ1) is 56.6. The molecule has 0 fully saturated rings. The molecule has 17 rings (SSSR count). The summed E-state index contributed by atoms with van der Waals surface area (Å²) in [5, 5.41) is -1.60. The topological polar surface area (TPSA) is 16.3 Å². The number of rotatable bonds is 8. The highest BCUT2D eigenvalue weighted by atomic mass is 15.2. The minimum atomic E-state index is -1.95. The number of hydrogen-bond acceptors (Lipinski definition) is 2. The van der Waals surface area contributed by atoms with E-state index in [0.717, 1.165) is 53.6 Å². The fourth-order valence-electron chi connectivity index (χ4n) is 16.8. The molecule has 13 aromatic carbocycles. The molecule has 5 heteroatoms. The molecule has 0 radical (unpaired) electrons. The molecule has 0 amide bonds. The summed E-state index contributed by atoms with van der Waals surface area (Å²) < 4.78 is 253. The van der Waals surface area contributed by atoms with E-state index in [4.69, 9.17) is 0 Å². The van der Waals surface area contributed by atoms with E-state index < -0.39 is 243 Å². The van der Waals surface area contributed by atoms with Crippen molar-refractivity contribution in [3.8, 4) is 55.9 Å². The molecule has 602 valence electrons. The monoisotopic (exact) mass is 1580 g/mol. The van der Waals surface area contributed by atoms with E-state index in [1.54, 1.807) is 9.80 Å². The Labute approximate surface area is 745 Å². The van der Waals surface area contributed by atoms with Crippen molar-refractivity contribution in [1.82, 2.24) is 9.13 Å². The molecule has 0 bridgehead atoms. The number of hydrogen-bond donors (Lipinski definition) is 0. The van der Waals surface area contributed by atoms with Crippen LogP contribution in [0.15, 0.2) is 254 Å². The summed E-state index contributed by atoms with van der Waals surface area (Å²) in [6.07, 6.45) is 0. The number of nitrogens with zero attached hydrogens (tertiary/aromatic N) is 4. The van der Waals surface area contributed by atoms with E-state index in [9.17, 15) is 32.9 Å². The minimum absolute atomic E-state index is 0.00795. The predicted molar refractivity (Wildman–Crippen MR) is 519 cm³/mol. The highest BCUT2D eigenvalue weighted by Gasteiger charge is 2.47. The van der Waals surface area contributed by atoms with E-state index >= 15 is 0 Å². The lowest BCUT2D eigenvalue weighted by molar-refractivity contribution is 0.568. The maximum Gasteiger partial charge on any atom is 0.252 e. The van der Waals surface area contributed by atoms with E-state index in [1.165, 1.54) is 0 Å². The highest BCUT2D eigenvalue weighted by molar-refractivity contribution is 7.00. The second-order valence-electron chi connectivity index (χ2n) is 42.2. The lowest BCUT2D eigenvalue weighted by atomic mass is 9.33. The molecule has 2 aliphatic rings. The van der Waals surface area contributed by atoms with Gasteiger partial charge in [0.05, 0.1) is 66.3 Å². The molecule has 0 spiro atoms. The molecule has 0 unspecified atom stereocenters. The first-order valence-electron chi connectivity index (χ1n) is 53.7. The van der Waals surface area contributed by atoms with Gasteiger partial charge in [0, 0.05) is 77.9 Å². The summed E-state index contributed by atoms with van der Waals surface area (Å²) >= 11 is 0. The maximum absolute atomic E-state index is 12.2. The van der Waals surface area contributed by atoms with Gasteiger partial charge in [0.25, 0.3) is 6.71 Å². The lowest BCUT2D eigenvalue weighted by Gasteiger charge is -2.47. The SMILES string of the molecule is [2H]c1c([2H])c(-n2c3c([2H])c([2H])c([2H])c([2H])c3c3c([2H])c([2H])c([2H])c([2H])c32)c([2H])c2c1B1c3c([2H])c([2H])c(-n4c5c([2H])c([2H])c([2H])c([2H])c5c5c([2H])c([2H])c([2H])c([2H])c54)c([2H])c3N(c3c(-c4cccc(C(C)(C)C)c4)cc(C(C)(C)C)cc3-c3cc(C(C)(C)C)cc(C(C)(C)C)c3)c3c([2H])c(C(C)(C)C)c([2H])c(c31)N2c1c(-c2cccc(C(C)(C)C)c2)cc(C(C)(C)C)cc1-c1cc(C(C)(C)C)cc(C(C)(C)C)c1. The molecule has 2 aromatic heterocycles. The van der Waals surface area contributed by atoms with Crippen molar-refractivity contribution in [2.24, 2.45) is 0 Å². The van der Waals surface area contributed by atoms with Gasteiger partial charge in [-0.1, -0.05) is 356 Å². The van der Waals surface area contributed by atoms with Crippen molar-refractivity contribution in [2.75, 3.05) is 9.80 Å². The van der Waals surface area contributed by atoms with Crippen LogP contribution >= 0.6 is 0 Å². The normalized spacial score (nSPS) is 16.6. The molecular weight excluding hydrogens is 1440 g/mol. The van der Waals surface area contributed by atoms with Crippen molar-refractivity contribution in [2.45, 2.75) is 236 Å². The molecule has 4 heterocycles. The molecule has 0 aliphatic carbocycles. The van der Waals surface area contributed by atoms with E-state index in [2.05, 4.69) is 239 Å². The second-order valence-corrected chi connectivity index (χ2v) is 42.2. The highest BCUT2D eigenvalue weighted by Crippen LogP contribution is 2.57. The summed E-state index contributed by atoms with van der Waals surface area (Å²) in [6.45, 7) is 54.5. The Morgan fingerprint density at radius 1 is 0.244 bits per heavy atom. The number of para-hydroxylation sites is 4. The standard InChI is InChI=1S/C114H123BN4/c1-106(2,3)74-40-36-38-70(54-74)89-62-80(112(19,20)21)64-91(72-56-76(108(7,8)9)60-77(57-72)109(10,11)12)104(89)118-99-68-83(116-95-46-32-28-42-85(95)86-43-29-33-47-96(86)116)50-52-93(99)115-94-53-51-84(117-97-48-34-30-44-87(97)88-45-31-35-49-98(88)117)69-100(94)119(102-67-82(114(25,26)27)66-101(118)103(102)115)105-90(71-39-37-41-75(55-71)107(4,5)6)63-81(113(22,23)24)65-92(105)73-58-78(110(13,14)15)61-79(59-73)111(16,17)18/h28-69H,1-27H3/i28D,29D,30D,31D,32D,33D,34D,35D,42D,43D,44D,45D,46D,47D,48D,49D,50D,51D,52D,53D,66D,67D,68D,69D. The van der Waals surface area contributed by atoms with Crippen molar-refractivity contribution in [3.63, 3.8) is 0 Å². The van der Waals surface area contributed by atoms with Crippen LogP contribution in [-0.2, 0) is 48.7 Å². The van der Waals surface area contributed by atoms with Crippen LogP contribution in [-0.4, -0.2) is 15.8 Å². The lowest BCUT2D eigenvalue weighted by Crippen LogP contribution is -2.61. The Morgan fingerprint density at radius 2 is 0.504 bits per heavy atom. The third-order valence-electron chi connectivity index (χ3n) is 24.1. The first-order valence-corrected chi connectivity index (χ1v) is 41.7. The zero-order chi connectivity index (χ0) is 106. The molecule has 119 heavy (non-hydrogen) atoms. The third-order valence-corrected chi connectivity index (χ3v) is 24.1. The van der Waals surface area contributed by atoms with Gasteiger partial charge in [0.2, 0.25) is 0 Å². The fraction of sp³-hybridized carbons (Fsp3) is 0.316. The molecule has 2 aliphatic heterocycles. The van der Waals surface area contributed by atoms with Gasteiger partial charge in [-0.2, -0.15) is 0 Å². The molecule has 0 atom stereocenters. The quantitative estimate of drug-likeness (QED) is 0.141. The Kier molecular flexibility index (Phi) is 13.2. The smallest absolute Gasteiger partial charge is 0.252 e. The van der Waals surface area contributed by atoms with E-state index in [-0.39, 0.29) is 68.2 Å². The van der Waals surface area contributed by atoms with Gasteiger partial charge in [0.15, 0.2) is 0 Å². The number of fused-ring (bicyclic) bond motifs is 10. The van der Waals surface area contributed by atoms with Crippen molar-refractivity contribution < 1.29 is 32.9 Å². The van der Waals surface area contributed by atoms with Crippen LogP contribution in [0.25, 0.3) is 99.5 Å². The Bertz CT molecular complexity index is 7450. The molecule has 15 aromatic rings. The van der Waals surface area contributed by atoms with E-state index in [0.29, 0.717) is 44.5 Å². The molecule has 0 N–H and O–H groups in total. The van der Waals surface area contributed by atoms with Gasteiger partial charge in [0.1, 0.15) is 0 Å². The van der Waals surface area contributed by atoms with Crippen molar-refractivity contribution in [3.05, 3.63) is 304 Å². The Hall–Kier alpha value is -10.9. The Morgan fingerprint density at radius 3 is 0.790 bits per heavy atom. The third kappa shape index (κ3) is 14.2. The molecular formula is C114H123BN4. The largest absolute Gasteiger partial charge is 0.310 e. The summed E-state index contributed by atoms with van der Waals surface area (Å²) in [4.78, 5) is 3.54. The van der Waals surface area contributed by atoms with Crippen LogP contribution < -0.4 is 26.2 Å². The van der Waals surface area contributed by atoms with Crippen molar-refractivity contribution in [1.29, 1.82) is 0 Å². The zero-order valence-electron chi connectivity index (χ0n) is 98.3. The summed E-state index contributed by atoms with van der Waals surface area (Å²) in [6, 6.07) is 19.8. The van der Waals surface area contributed by atoms with E-state index in [1.807, 2.05) is 57.2 Å². The van der Waals surface area contributed by atoms with Crippen LogP contribution in [0.2, 0.25) is 0 Å². The van der Waals surface area contributed by atoms with Gasteiger partial charge < -0.3 is 18.9 Å². The van der Waals surface area contributed by atoms with Crippen LogP contribution in [0.4, 0.5) is 34.1 Å². The Balaban J connectivity index is 1.25. The predicted octanol–water partition coefficient (Wildman–Crippen LogP) is 30.3. The van der Waals surface area contributed by atoms with Crippen LogP contribution in [0.5, 0.6) is 0 Å². The van der Waals surface area contributed by atoms with Crippen LogP contribution in [0, 0.1) is 0 Å². The van der Waals surface area contributed by atoms with Gasteiger partial charge in [-0.15, -0.1) is 0 Å². The maximum atomic E-state index is 12.2.